The average molecular weight is 490 g/mol. The van der Waals surface area contributed by atoms with Gasteiger partial charge in [-0.2, -0.15) is 0 Å². The van der Waals surface area contributed by atoms with Gasteiger partial charge in [0.2, 0.25) is 0 Å². The smallest absolute Gasteiger partial charge is 0.339 e. The fraction of sp³-hybridized carbons (Fsp3) is 0.154. The standard InChI is InChI=1S/C26H20BrNO4/c27-18-8-10-19(11-9-18)31-14-15-32-26(29)24-21-5-1-2-6-23(21)28-25-17(7-12-22(24)25)16-20-4-3-13-30-20/h1-6,8-11,13,16H,7,12,14-15H2/b17-16+. The Balaban J connectivity index is 1.39. The second kappa shape index (κ2) is 9.01. The molecule has 1 aliphatic rings. The summed E-state index contributed by atoms with van der Waals surface area (Å²) in [5.74, 6) is 1.16. The van der Waals surface area contributed by atoms with Gasteiger partial charge in [-0.15, -0.1) is 0 Å². The van der Waals surface area contributed by atoms with E-state index in [2.05, 4.69) is 15.9 Å². The minimum atomic E-state index is -0.349. The number of rotatable bonds is 6. The van der Waals surface area contributed by atoms with Gasteiger partial charge in [0.25, 0.3) is 0 Å². The summed E-state index contributed by atoms with van der Waals surface area (Å²) in [6, 6.07) is 19.0. The lowest BCUT2D eigenvalue weighted by atomic mass is 10.0. The molecule has 160 valence electrons. The van der Waals surface area contributed by atoms with Crippen LogP contribution in [0.3, 0.4) is 0 Å². The molecule has 2 aromatic carbocycles. The summed E-state index contributed by atoms with van der Waals surface area (Å²) < 4.78 is 17.7. The molecule has 0 spiro atoms. The fourth-order valence-electron chi connectivity index (χ4n) is 3.95. The number of furan rings is 1. The summed E-state index contributed by atoms with van der Waals surface area (Å²) in [7, 11) is 0. The van der Waals surface area contributed by atoms with Crippen molar-refractivity contribution in [1.82, 2.24) is 4.98 Å². The summed E-state index contributed by atoms with van der Waals surface area (Å²) in [6.45, 7) is 0.442. The molecule has 0 radical (unpaired) electrons. The van der Waals surface area contributed by atoms with E-state index in [1.54, 1.807) is 6.26 Å². The minimum Gasteiger partial charge on any atom is -0.490 e. The number of nitrogens with zero attached hydrogens (tertiary/aromatic N) is 1. The third kappa shape index (κ3) is 4.18. The maximum atomic E-state index is 13.1. The van der Waals surface area contributed by atoms with Crippen molar-refractivity contribution >= 4 is 44.5 Å². The molecule has 0 saturated heterocycles. The molecule has 4 aromatic rings. The number of carbonyl (C=O) groups is 1. The van der Waals surface area contributed by atoms with Crippen molar-refractivity contribution in [2.75, 3.05) is 13.2 Å². The van der Waals surface area contributed by atoms with Crippen LogP contribution in [0.1, 0.15) is 33.8 Å². The predicted molar refractivity (Wildman–Crippen MR) is 127 cm³/mol. The third-order valence-corrected chi connectivity index (χ3v) is 5.93. The molecule has 6 heteroatoms. The first-order chi connectivity index (χ1) is 15.7. The van der Waals surface area contributed by atoms with Crippen LogP contribution in [0.2, 0.25) is 0 Å². The molecule has 0 N–H and O–H groups in total. The first-order valence-corrected chi connectivity index (χ1v) is 11.2. The maximum Gasteiger partial charge on any atom is 0.339 e. The average Bonchev–Trinajstić information content (AvgIpc) is 3.47. The fourth-order valence-corrected chi connectivity index (χ4v) is 4.22. The summed E-state index contributed by atoms with van der Waals surface area (Å²) >= 11 is 3.40. The van der Waals surface area contributed by atoms with Crippen LogP contribution in [0.15, 0.2) is 75.8 Å². The Morgan fingerprint density at radius 3 is 2.69 bits per heavy atom. The number of halogens is 1. The Kier molecular flexibility index (Phi) is 5.77. The van der Waals surface area contributed by atoms with E-state index in [0.29, 0.717) is 5.56 Å². The number of pyridine rings is 1. The molecule has 0 aliphatic heterocycles. The number of fused-ring (bicyclic) bond motifs is 2. The molecule has 0 fully saturated rings. The highest BCUT2D eigenvalue weighted by molar-refractivity contribution is 9.10. The van der Waals surface area contributed by atoms with Crippen LogP contribution in [-0.2, 0) is 11.2 Å². The number of para-hydroxylation sites is 1. The van der Waals surface area contributed by atoms with Crippen LogP contribution < -0.4 is 4.74 Å². The summed E-state index contributed by atoms with van der Waals surface area (Å²) in [6.07, 6.45) is 5.18. The SMILES string of the molecule is O=C(OCCOc1ccc(Br)cc1)c1c2c(nc3ccccc13)/C(=C/c1ccco1)CC2. The first kappa shape index (κ1) is 20.5. The first-order valence-electron chi connectivity index (χ1n) is 10.4. The van der Waals surface area contributed by atoms with Crippen molar-refractivity contribution in [2.45, 2.75) is 12.8 Å². The van der Waals surface area contributed by atoms with Crippen molar-refractivity contribution in [2.24, 2.45) is 0 Å². The number of benzene rings is 2. The van der Waals surface area contributed by atoms with E-state index >= 15 is 0 Å². The zero-order valence-electron chi connectivity index (χ0n) is 17.2. The molecule has 2 aromatic heterocycles. The van der Waals surface area contributed by atoms with Crippen LogP contribution >= 0.6 is 15.9 Å². The van der Waals surface area contributed by atoms with Crippen molar-refractivity contribution in [3.63, 3.8) is 0 Å². The van der Waals surface area contributed by atoms with Gasteiger partial charge in [0.15, 0.2) is 0 Å². The Morgan fingerprint density at radius 2 is 1.88 bits per heavy atom. The molecule has 0 unspecified atom stereocenters. The molecule has 1 aliphatic carbocycles. The molecule has 32 heavy (non-hydrogen) atoms. The number of carbonyl (C=O) groups excluding carboxylic acids is 1. The molecular weight excluding hydrogens is 470 g/mol. The summed E-state index contributed by atoms with van der Waals surface area (Å²) in [5, 5.41) is 0.810. The van der Waals surface area contributed by atoms with Crippen LogP contribution in [0, 0.1) is 0 Å². The predicted octanol–water partition coefficient (Wildman–Crippen LogP) is 6.31. The highest BCUT2D eigenvalue weighted by Gasteiger charge is 2.27. The molecule has 0 bridgehead atoms. The second-order valence-electron chi connectivity index (χ2n) is 7.45. The van der Waals surface area contributed by atoms with Crippen molar-refractivity contribution in [1.29, 1.82) is 0 Å². The quantitative estimate of drug-likeness (QED) is 0.234. The Morgan fingerprint density at radius 1 is 1.03 bits per heavy atom. The number of allylic oxidation sites excluding steroid dienone is 1. The molecule has 5 nitrogen and oxygen atoms in total. The molecule has 0 saturated carbocycles. The van der Waals surface area contributed by atoms with Gasteiger partial charge in [0.1, 0.15) is 24.7 Å². The largest absolute Gasteiger partial charge is 0.490 e. The Bertz CT molecular complexity index is 1290. The molecule has 0 amide bonds. The topological polar surface area (TPSA) is 61.6 Å². The Hall–Kier alpha value is -3.38. The van der Waals surface area contributed by atoms with Gasteiger partial charge >= 0.3 is 5.97 Å². The van der Waals surface area contributed by atoms with Gasteiger partial charge in [-0.05, 0) is 72.5 Å². The Labute approximate surface area is 193 Å². The highest BCUT2D eigenvalue weighted by atomic mass is 79.9. The molecule has 2 heterocycles. The maximum absolute atomic E-state index is 13.1. The van der Waals surface area contributed by atoms with E-state index < -0.39 is 0 Å². The van der Waals surface area contributed by atoms with Gasteiger partial charge in [0.05, 0.1) is 23.0 Å². The second-order valence-corrected chi connectivity index (χ2v) is 8.37. The highest BCUT2D eigenvalue weighted by Crippen LogP contribution is 2.37. The number of hydrogen-bond acceptors (Lipinski definition) is 5. The van der Waals surface area contributed by atoms with Crippen LogP contribution in [0.25, 0.3) is 22.6 Å². The lowest BCUT2D eigenvalue weighted by Crippen LogP contribution is -2.15. The minimum absolute atomic E-state index is 0.162. The lowest BCUT2D eigenvalue weighted by Gasteiger charge is -2.13. The third-order valence-electron chi connectivity index (χ3n) is 5.40. The number of esters is 1. The van der Waals surface area contributed by atoms with E-state index in [1.165, 1.54) is 0 Å². The van der Waals surface area contributed by atoms with Crippen molar-refractivity contribution in [3.05, 3.63) is 94.0 Å². The molecule has 0 atom stereocenters. The molecular formula is C26H20BrNO4. The van der Waals surface area contributed by atoms with E-state index in [0.717, 1.165) is 56.6 Å². The zero-order chi connectivity index (χ0) is 21.9. The number of ether oxygens (including phenoxy) is 2. The van der Waals surface area contributed by atoms with Crippen molar-refractivity contribution in [3.8, 4) is 5.75 Å². The van der Waals surface area contributed by atoms with Crippen molar-refractivity contribution < 1.29 is 18.7 Å². The van der Waals surface area contributed by atoms with Gasteiger partial charge in [-0.3, -0.25) is 0 Å². The lowest BCUT2D eigenvalue weighted by molar-refractivity contribution is 0.0451. The molecule has 5 rings (SSSR count). The van der Waals surface area contributed by atoms with E-state index in [-0.39, 0.29) is 19.2 Å². The number of hydrogen-bond donors (Lipinski definition) is 0. The van der Waals surface area contributed by atoms with E-state index in [1.807, 2.05) is 66.7 Å². The monoisotopic (exact) mass is 489 g/mol. The van der Waals surface area contributed by atoms with Gasteiger partial charge < -0.3 is 13.9 Å². The number of aromatic nitrogens is 1. The van der Waals surface area contributed by atoms with Crippen LogP contribution in [-0.4, -0.2) is 24.2 Å². The van der Waals surface area contributed by atoms with Gasteiger partial charge in [0, 0.05) is 9.86 Å². The normalized spacial score (nSPS) is 14.0. The van der Waals surface area contributed by atoms with E-state index in [4.69, 9.17) is 18.9 Å². The summed E-state index contributed by atoms with van der Waals surface area (Å²) in [4.78, 5) is 18.0. The van der Waals surface area contributed by atoms with Crippen LogP contribution in [0.4, 0.5) is 0 Å². The summed E-state index contributed by atoms with van der Waals surface area (Å²) in [5.41, 5.74) is 4.21. The van der Waals surface area contributed by atoms with Crippen LogP contribution in [0.5, 0.6) is 5.75 Å². The van der Waals surface area contributed by atoms with Gasteiger partial charge in [-0.25, -0.2) is 9.78 Å². The van der Waals surface area contributed by atoms with E-state index in [9.17, 15) is 4.79 Å². The zero-order valence-corrected chi connectivity index (χ0v) is 18.8. The van der Waals surface area contributed by atoms with Gasteiger partial charge in [-0.1, -0.05) is 34.1 Å².